The fraction of sp³-hybridized carbons (Fsp3) is 0.250. The van der Waals surface area contributed by atoms with Crippen molar-refractivity contribution >= 4 is 40.3 Å². The molecule has 0 N–H and O–H groups in total. The quantitative estimate of drug-likeness (QED) is 0.482. The van der Waals surface area contributed by atoms with Crippen molar-refractivity contribution in [3.05, 3.63) is 78.8 Å². The van der Waals surface area contributed by atoms with Gasteiger partial charge in [0.25, 0.3) is 5.56 Å². The van der Waals surface area contributed by atoms with Crippen LogP contribution < -0.4 is 16.1 Å². The minimum atomic E-state index is -0.474. The highest BCUT2D eigenvalue weighted by atomic mass is 35.5. The monoisotopic (exact) mass is 445 g/mol. The molecule has 0 atom stereocenters. The Kier molecular flexibility index (Phi) is 4.48. The van der Waals surface area contributed by atoms with Crippen LogP contribution >= 0.6 is 23.2 Å². The summed E-state index contributed by atoms with van der Waals surface area (Å²) < 4.78 is 9.83. The predicted molar refractivity (Wildman–Crippen MR) is 115 cm³/mol. The summed E-state index contributed by atoms with van der Waals surface area (Å²) in [5.74, 6) is 1.44. The molecule has 8 nitrogen and oxygen atoms in total. The number of nitrogens with zero attached hydrogens (tertiary/aromatic N) is 5. The largest absolute Gasteiger partial charge is 0.467 e. The summed E-state index contributed by atoms with van der Waals surface area (Å²) >= 11 is 12.5. The molecule has 10 heteroatoms. The Morgan fingerprint density at radius 1 is 1.07 bits per heavy atom. The van der Waals surface area contributed by atoms with Gasteiger partial charge in [-0.15, -0.1) is 0 Å². The van der Waals surface area contributed by atoms with Crippen molar-refractivity contribution in [2.45, 2.75) is 19.6 Å². The van der Waals surface area contributed by atoms with E-state index in [2.05, 4.69) is 4.98 Å². The fourth-order valence-corrected chi connectivity index (χ4v) is 4.37. The number of furan rings is 1. The molecule has 0 fully saturated rings. The Labute approximate surface area is 180 Å². The molecule has 0 saturated carbocycles. The lowest BCUT2D eigenvalue weighted by atomic mass is 10.2. The van der Waals surface area contributed by atoms with Crippen LogP contribution in [-0.2, 0) is 26.7 Å². The standard InChI is InChI=1S/C20H17Cl2N5O3/c1-24-17-16(26-8-7-25(19(26)23-17)10-12-4-3-9-30-12)18(28)27(20(24)29)11-13-14(21)5-2-6-15(13)22/h2-6,9H,7-8,10-11H2,1H3. The third-order valence-corrected chi connectivity index (χ3v) is 6.10. The smallest absolute Gasteiger partial charge is 0.332 e. The third kappa shape index (κ3) is 2.86. The van der Waals surface area contributed by atoms with Crippen molar-refractivity contribution in [1.29, 1.82) is 0 Å². The van der Waals surface area contributed by atoms with Gasteiger partial charge in [-0.2, -0.15) is 4.98 Å². The molecule has 3 aromatic heterocycles. The number of aromatic nitrogens is 4. The second-order valence-corrected chi connectivity index (χ2v) is 7.98. The highest BCUT2D eigenvalue weighted by Crippen LogP contribution is 2.27. The number of hydrogen-bond donors (Lipinski definition) is 0. The van der Waals surface area contributed by atoms with E-state index in [1.807, 2.05) is 21.6 Å². The first-order valence-corrected chi connectivity index (χ1v) is 10.1. The Bertz CT molecular complexity index is 1360. The first kappa shape index (κ1) is 19.0. The lowest BCUT2D eigenvalue weighted by Crippen LogP contribution is -2.40. The summed E-state index contributed by atoms with van der Waals surface area (Å²) in [6.45, 7) is 1.80. The number of benzene rings is 1. The van der Waals surface area contributed by atoms with Gasteiger partial charge in [-0.25, -0.2) is 4.79 Å². The normalized spacial score (nSPS) is 13.4. The molecular formula is C20H17Cl2N5O3. The van der Waals surface area contributed by atoms with E-state index in [0.29, 0.717) is 52.4 Å². The summed E-state index contributed by atoms with van der Waals surface area (Å²) in [4.78, 5) is 32.9. The molecule has 0 radical (unpaired) electrons. The van der Waals surface area contributed by atoms with E-state index < -0.39 is 11.2 Å². The lowest BCUT2D eigenvalue weighted by molar-refractivity contribution is 0.504. The molecule has 0 spiro atoms. The van der Waals surface area contributed by atoms with E-state index in [-0.39, 0.29) is 6.54 Å². The Balaban J connectivity index is 1.65. The number of rotatable bonds is 4. The molecule has 0 bridgehead atoms. The van der Waals surface area contributed by atoms with Gasteiger partial charge in [-0.3, -0.25) is 13.9 Å². The molecule has 154 valence electrons. The van der Waals surface area contributed by atoms with E-state index in [1.165, 1.54) is 4.57 Å². The first-order valence-electron chi connectivity index (χ1n) is 9.36. The fourth-order valence-electron chi connectivity index (χ4n) is 3.86. The Morgan fingerprint density at radius 2 is 1.83 bits per heavy atom. The highest BCUT2D eigenvalue weighted by molar-refractivity contribution is 6.35. The van der Waals surface area contributed by atoms with Crippen molar-refractivity contribution in [3.63, 3.8) is 0 Å². The molecule has 1 aliphatic heterocycles. The number of hydrogen-bond acceptors (Lipinski definition) is 5. The molecule has 30 heavy (non-hydrogen) atoms. The van der Waals surface area contributed by atoms with Crippen LogP contribution in [0.15, 0.2) is 50.6 Å². The third-order valence-electron chi connectivity index (χ3n) is 5.39. The number of imidazole rings is 1. The van der Waals surface area contributed by atoms with Gasteiger partial charge < -0.3 is 13.9 Å². The van der Waals surface area contributed by atoms with Gasteiger partial charge in [0.15, 0.2) is 11.2 Å². The van der Waals surface area contributed by atoms with E-state index in [4.69, 9.17) is 27.6 Å². The van der Waals surface area contributed by atoms with Crippen LogP contribution in [0.1, 0.15) is 11.3 Å². The van der Waals surface area contributed by atoms with Crippen LogP contribution in [0.5, 0.6) is 0 Å². The second-order valence-electron chi connectivity index (χ2n) is 7.17. The van der Waals surface area contributed by atoms with E-state index in [1.54, 1.807) is 31.5 Å². The second kappa shape index (κ2) is 7.07. The molecule has 4 heterocycles. The van der Waals surface area contributed by atoms with Crippen LogP contribution in [0.25, 0.3) is 11.2 Å². The maximum absolute atomic E-state index is 13.3. The van der Waals surface area contributed by atoms with Crippen molar-refractivity contribution in [3.8, 4) is 0 Å². The zero-order valence-electron chi connectivity index (χ0n) is 16.0. The summed E-state index contributed by atoms with van der Waals surface area (Å²) in [6.07, 6.45) is 1.62. The zero-order valence-corrected chi connectivity index (χ0v) is 17.5. The molecule has 1 aliphatic rings. The molecular weight excluding hydrogens is 429 g/mol. The van der Waals surface area contributed by atoms with Crippen molar-refractivity contribution in [1.82, 2.24) is 18.7 Å². The maximum atomic E-state index is 13.3. The van der Waals surface area contributed by atoms with E-state index in [0.717, 1.165) is 10.3 Å². The van der Waals surface area contributed by atoms with Crippen molar-refractivity contribution in [2.75, 3.05) is 11.4 Å². The number of halogens is 2. The first-order chi connectivity index (χ1) is 14.5. The van der Waals surface area contributed by atoms with Gasteiger partial charge in [0.05, 0.1) is 19.4 Å². The predicted octanol–water partition coefficient (Wildman–Crippen LogP) is 2.87. The van der Waals surface area contributed by atoms with Crippen LogP contribution in [-0.4, -0.2) is 25.2 Å². The van der Waals surface area contributed by atoms with Crippen LogP contribution in [0.2, 0.25) is 10.0 Å². The number of fused-ring (bicyclic) bond motifs is 3. The molecule has 0 amide bonds. The molecule has 0 aliphatic carbocycles. The van der Waals surface area contributed by atoms with Crippen LogP contribution in [0.4, 0.5) is 5.95 Å². The van der Waals surface area contributed by atoms with Crippen LogP contribution in [0, 0.1) is 0 Å². The van der Waals surface area contributed by atoms with Crippen LogP contribution in [0.3, 0.4) is 0 Å². The van der Waals surface area contributed by atoms with Crippen molar-refractivity contribution < 1.29 is 4.42 Å². The summed E-state index contributed by atoms with van der Waals surface area (Å²) in [7, 11) is 1.61. The molecule has 0 saturated heterocycles. The minimum Gasteiger partial charge on any atom is -0.467 e. The zero-order chi connectivity index (χ0) is 21.0. The lowest BCUT2D eigenvalue weighted by Gasteiger charge is -2.13. The van der Waals surface area contributed by atoms with E-state index in [9.17, 15) is 9.59 Å². The topological polar surface area (TPSA) is 78.2 Å². The maximum Gasteiger partial charge on any atom is 0.332 e. The number of aryl methyl sites for hydroxylation is 1. The van der Waals surface area contributed by atoms with Crippen molar-refractivity contribution in [2.24, 2.45) is 7.05 Å². The molecule has 5 rings (SSSR count). The summed E-state index contributed by atoms with van der Waals surface area (Å²) in [5, 5.41) is 0.805. The molecule has 4 aromatic rings. The van der Waals surface area contributed by atoms with Gasteiger partial charge in [0.2, 0.25) is 5.95 Å². The Morgan fingerprint density at radius 3 is 2.53 bits per heavy atom. The SMILES string of the molecule is Cn1c(=O)n(Cc2c(Cl)cccc2Cl)c(=O)c2c1nc1n2CCN1Cc1ccco1. The average Bonchev–Trinajstić information content (AvgIpc) is 3.44. The summed E-state index contributed by atoms with van der Waals surface area (Å²) in [5.41, 5.74) is 0.378. The molecule has 0 unspecified atom stereocenters. The van der Waals surface area contributed by atoms with E-state index >= 15 is 0 Å². The Hall–Kier alpha value is -2.97. The minimum absolute atomic E-state index is 0.0173. The molecule has 1 aromatic carbocycles. The van der Waals surface area contributed by atoms with Gasteiger partial charge in [-0.1, -0.05) is 29.3 Å². The highest BCUT2D eigenvalue weighted by Gasteiger charge is 2.28. The average molecular weight is 446 g/mol. The van der Waals surface area contributed by atoms with Gasteiger partial charge in [-0.05, 0) is 24.3 Å². The van der Waals surface area contributed by atoms with Gasteiger partial charge in [0.1, 0.15) is 5.76 Å². The summed E-state index contributed by atoms with van der Waals surface area (Å²) in [6, 6.07) is 8.80. The number of anilines is 1. The van der Waals surface area contributed by atoms with Gasteiger partial charge in [0, 0.05) is 35.7 Å². The van der Waals surface area contributed by atoms with Gasteiger partial charge >= 0.3 is 5.69 Å².